The number of ketones is 1. The Morgan fingerprint density at radius 3 is 2.57 bits per heavy atom. The van der Waals surface area contributed by atoms with Crippen LogP contribution >= 0.6 is 0 Å². The lowest BCUT2D eigenvalue weighted by molar-refractivity contribution is -0.0338. The van der Waals surface area contributed by atoms with E-state index >= 15 is 0 Å². The summed E-state index contributed by atoms with van der Waals surface area (Å²) in [5.74, 6) is 0.262. The minimum Gasteiger partial charge on any atom is -0.384 e. The second-order valence-corrected chi connectivity index (χ2v) is 8.63. The first kappa shape index (κ1) is 20.6. The van der Waals surface area contributed by atoms with Gasteiger partial charge < -0.3 is 20.6 Å². The van der Waals surface area contributed by atoms with E-state index in [4.69, 9.17) is 4.98 Å². The van der Waals surface area contributed by atoms with Crippen molar-refractivity contribution in [2.75, 3.05) is 25.5 Å². The molecular weight excluding hydrogens is 376 g/mol. The summed E-state index contributed by atoms with van der Waals surface area (Å²) in [6.45, 7) is 5.47. The van der Waals surface area contributed by atoms with Gasteiger partial charge in [0.2, 0.25) is 0 Å². The number of anilines is 1. The van der Waals surface area contributed by atoms with Crippen molar-refractivity contribution in [1.82, 2.24) is 15.2 Å². The number of piperidine rings is 1. The van der Waals surface area contributed by atoms with E-state index in [0.717, 1.165) is 47.9 Å². The smallest absolute Gasteiger partial charge is 0.159 e. The zero-order valence-corrected chi connectivity index (χ0v) is 17.9. The van der Waals surface area contributed by atoms with Crippen molar-refractivity contribution in [3.8, 4) is 0 Å². The molecule has 0 saturated carbocycles. The lowest BCUT2D eigenvalue weighted by atomic mass is 9.79. The normalized spacial score (nSPS) is 21.4. The second-order valence-electron chi connectivity index (χ2n) is 8.63. The van der Waals surface area contributed by atoms with Crippen molar-refractivity contribution >= 4 is 23.7 Å². The summed E-state index contributed by atoms with van der Waals surface area (Å²) in [5, 5.41) is 19.9. The number of aliphatic hydroxyl groups is 1. The van der Waals surface area contributed by atoms with E-state index in [2.05, 4.69) is 22.6 Å². The Kier molecular flexibility index (Phi) is 5.62. The highest BCUT2D eigenvalue weighted by Crippen LogP contribution is 2.34. The average molecular weight is 407 g/mol. The minimum absolute atomic E-state index is 0.0551. The van der Waals surface area contributed by atoms with Crippen molar-refractivity contribution in [3.63, 3.8) is 0 Å². The monoisotopic (exact) mass is 406 g/mol. The number of benzene rings is 1. The predicted octanol–water partition coefficient (Wildman–Crippen LogP) is 1.39. The number of likely N-dealkylation sites (tertiary alicyclic amines) is 1. The number of hydrogen-bond donors (Lipinski definition) is 3. The molecule has 2 aromatic rings. The van der Waals surface area contributed by atoms with Crippen molar-refractivity contribution < 1.29 is 9.90 Å². The Bertz CT molecular complexity index is 1040. The van der Waals surface area contributed by atoms with Gasteiger partial charge in [-0.3, -0.25) is 4.79 Å². The Hall–Kier alpha value is -2.70. The zero-order chi connectivity index (χ0) is 21.3. The van der Waals surface area contributed by atoms with Gasteiger partial charge in [0.05, 0.1) is 11.0 Å². The summed E-state index contributed by atoms with van der Waals surface area (Å²) in [4.78, 5) is 18.6. The van der Waals surface area contributed by atoms with Crippen LogP contribution < -0.4 is 21.2 Å². The van der Waals surface area contributed by atoms with Crippen LogP contribution in [0.5, 0.6) is 0 Å². The SMILES string of the molecule is CC(=O)c1ccc(NC2C=c3nc([C@](C)(O)C4CCN(C)CC4)ccc3=CN2)cc1. The van der Waals surface area contributed by atoms with Gasteiger partial charge in [0.15, 0.2) is 5.78 Å². The molecule has 6 heteroatoms. The summed E-state index contributed by atoms with van der Waals surface area (Å²) in [6, 6.07) is 11.4. The van der Waals surface area contributed by atoms with Crippen LogP contribution in [0.1, 0.15) is 42.7 Å². The molecule has 1 aromatic heterocycles. The van der Waals surface area contributed by atoms with E-state index in [1.807, 2.05) is 55.6 Å². The molecule has 3 heterocycles. The molecule has 1 aromatic carbocycles. The molecule has 30 heavy (non-hydrogen) atoms. The van der Waals surface area contributed by atoms with Crippen LogP contribution in [-0.2, 0) is 5.60 Å². The van der Waals surface area contributed by atoms with Gasteiger partial charge in [0, 0.05) is 22.7 Å². The molecule has 3 N–H and O–H groups in total. The molecule has 2 aliphatic rings. The molecule has 2 atom stereocenters. The Balaban J connectivity index is 1.55. The second kappa shape index (κ2) is 8.20. The highest BCUT2D eigenvalue weighted by Gasteiger charge is 2.36. The van der Waals surface area contributed by atoms with Gasteiger partial charge in [-0.1, -0.05) is 0 Å². The number of nitrogens with zero attached hydrogens (tertiary/aromatic N) is 2. The maximum absolute atomic E-state index is 11.5. The van der Waals surface area contributed by atoms with E-state index in [1.165, 1.54) is 0 Å². The van der Waals surface area contributed by atoms with E-state index < -0.39 is 5.60 Å². The van der Waals surface area contributed by atoms with Gasteiger partial charge in [0.1, 0.15) is 11.8 Å². The number of rotatable bonds is 5. The third-order valence-electron chi connectivity index (χ3n) is 6.35. The molecule has 6 nitrogen and oxygen atoms in total. The zero-order valence-electron chi connectivity index (χ0n) is 17.9. The summed E-state index contributed by atoms with van der Waals surface area (Å²) < 4.78 is 0. The number of nitrogens with one attached hydrogen (secondary N) is 2. The first-order valence-electron chi connectivity index (χ1n) is 10.6. The van der Waals surface area contributed by atoms with Crippen LogP contribution in [0.3, 0.4) is 0 Å². The first-order chi connectivity index (χ1) is 14.3. The van der Waals surface area contributed by atoms with Gasteiger partial charge in [-0.25, -0.2) is 4.98 Å². The summed E-state index contributed by atoms with van der Waals surface area (Å²) in [7, 11) is 2.13. The third kappa shape index (κ3) is 4.25. The van der Waals surface area contributed by atoms with Crippen LogP contribution in [0.2, 0.25) is 0 Å². The van der Waals surface area contributed by atoms with Crippen LogP contribution in [0.4, 0.5) is 5.69 Å². The highest BCUT2D eigenvalue weighted by molar-refractivity contribution is 5.94. The lowest BCUT2D eigenvalue weighted by Gasteiger charge is -2.38. The van der Waals surface area contributed by atoms with Gasteiger partial charge in [0.25, 0.3) is 0 Å². The van der Waals surface area contributed by atoms with Crippen LogP contribution in [0.15, 0.2) is 36.4 Å². The van der Waals surface area contributed by atoms with Crippen molar-refractivity contribution in [1.29, 1.82) is 0 Å². The van der Waals surface area contributed by atoms with Gasteiger partial charge >= 0.3 is 0 Å². The summed E-state index contributed by atoms with van der Waals surface area (Å²) >= 11 is 0. The molecule has 1 unspecified atom stereocenters. The fourth-order valence-corrected chi connectivity index (χ4v) is 4.25. The van der Waals surface area contributed by atoms with Gasteiger partial charge in [-0.2, -0.15) is 0 Å². The largest absolute Gasteiger partial charge is 0.384 e. The molecule has 0 aliphatic carbocycles. The molecule has 1 saturated heterocycles. The molecule has 0 amide bonds. The van der Waals surface area contributed by atoms with Crippen molar-refractivity contribution in [3.05, 3.63) is 58.2 Å². The number of Topliss-reactive ketones (excluding diaryl/α,β-unsaturated/α-hetero) is 1. The van der Waals surface area contributed by atoms with E-state index in [1.54, 1.807) is 6.92 Å². The molecule has 1 fully saturated rings. The predicted molar refractivity (Wildman–Crippen MR) is 119 cm³/mol. The highest BCUT2D eigenvalue weighted by atomic mass is 16.3. The molecular formula is C24H30N4O2. The maximum Gasteiger partial charge on any atom is 0.159 e. The van der Waals surface area contributed by atoms with E-state index in [0.29, 0.717) is 5.56 Å². The number of pyridine rings is 1. The van der Waals surface area contributed by atoms with Crippen LogP contribution in [0, 0.1) is 5.92 Å². The Morgan fingerprint density at radius 1 is 1.20 bits per heavy atom. The summed E-state index contributed by atoms with van der Waals surface area (Å²) in [6.07, 6.45) is 5.79. The molecule has 0 spiro atoms. The van der Waals surface area contributed by atoms with Gasteiger partial charge in [-0.15, -0.1) is 0 Å². The lowest BCUT2D eigenvalue weighted by Crippen LogP contribution is -2.46. The molecule has 4 rings (SSSR count). The molecule has 0 bridgehead atoms. The fourth-order valence-electron chi connectivity index (χ4n) is 4.25. The average Bonchev–Trinajstić information content (AvgIpc) is 2.74. The molecule has 0 radical (unpaired) electrons. The Morgan fingerprint density at radius 2 is 1.90 bits per heavy atom. The molecule has 2 aliphatic heterocycles. The number of aromatic nitrogens is 1. The number of carbonyl (C=O) groups excluding carboxylic acids is 1. The third-order valence-corrected chi connectivity index (χ3v) is 6.35. The number of carbonyl (C=O) groups is 1. The van der Waals surface area contributed by atoms with Crippen molar-refractivity contribution in [2.45, 2.75) is 38.5 Å². The Labute approximate surface area is 177 Å². The van der Waals surface area contributed by atoms with E-state index in [-0.39, 0.29) is 17.9 Å². The quantitative estimate of drug-likeness (QED) is 0.652. The fraction of sp³-hybridized carbons (Fsp3) is 0.417. The van der Waals surface area contributed by atoms with E-state index in [9.17, 15) is 9.90 Å². The molecule has 158 valence electrons. The number of hydrogen-bond acceptors (Lipinski definition) is 6. The first-order valence-corrected chi connectivity index (χ1v) is 10.6. The number of fused-ring (bicyclic) bond motifs is 1. The standard InChI is InChI=1S/C24H30N4O2/c1-16(29)17-4-7-20(8-5-17)26-23-14-21-18(15-25-23)6-9-22(27-21)24(2,30)19-10-12-28(3)13-11-19/h4-9,14-15,19,23,25-26,30H,10-13H2,1-3H3/t23?,24-/m1/s1. The minimum atomic E-state index is -0.944. The van der Waals surface area contributed by atoms with Crippen LogP contribution in [-0.4, -0.2) is 47.1 Å². The summed E-state index contributed by atoms with van der Waals surface area (Å²) in [5.41, 5.74) is 1.40. The van der Waals surface area contributed by atoms with Gasteiger partial charge in [-0.05, 0) is 95.2 Å². The van der Waals surface area contributed by atoms with Crippen molar-refractivity contribution in [2.24, 2.45) is 5.92 Å². The maximum atomic E-state index is 11.5. The topological polar surface area (TPSA) is 77.5 Å². The van der Waals surface area contributed by atoms with Crippen LogP contribution in [0.25, 0.3) is 12.3 Å².